The molecule has 1 aromatic carbocycles. The number of benzene rings is 1. The normalized spacial score (nSPS) is 12.6. The molecule has 0 bridgehead atoms. The van der Waals surface area contributed by atoms with Gasteiger partial charge in [0, 0.05) is 6.54 Å². The van der Waals surface area contributed by atoms with Gasteiger partial charge in [-0.2, -0.15) is 5.10 Å². The predicted octanol–water partition coefficient (Wildman–Crippen LogP) is 4.41. The highest BCUT2D eigenvalue weighted by Crippen LogP contribution is 2.26. The monoisotopic (exact) mass is 325 g/mol. The van der Waals surface area contributed by atoms with E-state index < -0.39 is 0 Å². The van der Waals surface area contributed by atoms with E-state index in [1.807, 2.05) is 25.1 Å². The van der Waals surface area contributed by atoms with E-state index in [1.165, 1.54) is 5.69 Å². The van der Waals surface area contributed by atoms with Crippen LogP contribution in [-0.2, 0) is 13.0 Å². The van der Waals surface area contributed by atoms with Crippen LogP contribution in [0.5, 0.6) is 0 Å². The lowest BCUT2D eigenvalue weighted by molar-refractivity contribution is 0.490. The summed E-state index contributed by atoms with van der Waals surface area (Å²) in [6.07, 6.45) is 0.857. The molecule has 0 aliphatic heterocycles. The summed E-state index contributed by atoms with van der Waals surface area (Å²) in [6.45, 7) is 8.02. The summed E-state index contributed by atoms with van der Waals surface area (Å²) in [5.41, 5.74) is 3.42. The average molecular weight is 326 g/mol. The van der Waals surface area contributed by atoms with Crippen molar-refractivity contribution in [3.05, 3.63) is 51.3 Å². The zero-order chi connectivity index (χ0) is 15.4. The zero-order valence-corrected chi connectivity index (χ0v) is 14.2. The van der Waals surface area contributed by atoms with E-state index >= 15 is 0 Å². The van der Waals surface area contributed by atoms with E-state index in [0.717, 1.165) is 30.8 Å². The SMILES string of the molecule is CCNC(Cc1ccc(Cl)c(Cl)c1)c1cc(C)nn1CC. The van der Waals surface area contributed by atoms with Gasteiger partial charge in [-0.1, -0.05) is 36.2 Å². The molecule has 2 rings (SSSR count). The number of hydrogen-bond donors (Lipinski definition) is 1. The van der Waals surface area contributed by atoms with Crippen molar-refractivity contribution >= 4 is 23.2 Å². The quantitative estimate of drug-likeness (QED) is 0.852. The predicted molar refractivity (Wildman–Crippen MR) is 89.2 cm³/mol. The second-order valence-corrected chi connectivity index (χ2v) is 5.90. The first-order chi connectivity index (χ1) is 10.0. The molecule has 0 fully saturated rings. The Kier molecular flexibility index (Phi) is 5.68. The Morgan fingerprint density at radius 1 is 1.19 bits per heavy atom. The third-order valence-electron chi connectivity index (χ3n) is 3.46. The minimum Gasteiger partial charge on any atom is -0.309 e. The lowest BCUT2D eigenvalue weighted by Crippen LogP contribution is -2.25. The highest BCUT2D eigenvalue weighted by molar-refractivity contribution is 6.42. The maximum Gasteiger partial charge on any atom is 0.0597 e. The number of likely N-dealkylation sites (N-methyl/N-ethyl adjacent to an activating group) is 1. The van der Waals surface area contributed by atoms with Crippen molar-refractivity contribution in [2.45, 2.75) is 39.8 Å². The van der Waals surface area contributed by atoms with Crippen molar-refractivity contribution in [2.24, 2.45) is 0 Å². The molecule has 114 valence electrons. The van der Waals surface area contributed by atoms with Crippen LogP contribution < -0.4 is 5.32 Å². The molecule has 1 atom stereocenters. The van der Waals surface area contributed by atoms with E-state index in [1.54, 1.807) is 0 Å². The van der Waals surface area contributed by atoms with Gasteiger partial charge in [-0.25, -0.2) is 0 Å². The minimum absolute atomic E-state index is 0.216. The number of nitrogens with one attached hydrogen (secondary N) is 1. The summed E-state index contributed by atoms with van der Waals surface area (Å²) < 4.78 is 2.06. The molecule has 21 heavy (non-hydrogen) atoms. The third kappa shape index (κ3) is 4.00. The van der Waals surface area contributed by atoms with Gasteiger partial charge in [0.1, 0.15) is 0 Å². The fourth-order valence-electron chi connectivity index (χ4n) is 2.53. The van der Waals surface area contributed by atoms with E-state index in [2.05, 4.69) is 35.0 Å². The van der Waals surface area contributed by atoms with Gasteiger partial charge in [0.15, 0.2) is 0 Å². The molecule has 0 aliphatic carbocycles. The van der Waals surface area contributed by atoms with Gasteiger partial charge in [0.05, 0.1) is 27.5 Å². The molecule has 3 nitrogen and oxygen atoms in total. The summed E-state index contributed by atoms with van der Waals surface area (Å²) in [4.78, 5) is 0. The van der Waals surface area contributed by atoms with Crippen LogP contribution in [0, 0.1) is 6.92 Å². The van der Waals surface area contributed by atoms with Crippen molar-refractivity contribution in [3.63, 3.8) is 0 Å². The van der Waals surface area contributed by atoms with Crippen LogP contribution in [-0.4, -0.2) is 16.3 Å². The first kappa shape index (κ1) is 16.3. The van der Waals surface area contributed by atoms with Crippen LogP contribution >= 0.6 is 23.2 Å². The Bertz CT molecular complexity index is 608. The molecule has 1 aromatic heterocycles. The van der Waals surface area contributed by atoms with E-state index in [0.29, 0.717) is 10.0 Å². The van der Waals surface area contributed by atoms with Crippen molar-refractivity contribution in [3.8, 4) is 0 Å². The van der Waals surface area contributed by atoms with Gasteiger partial charge < -0.3 is 5.32 Å². The standard InChI is InChI=1S/C16H21Cl2N3/c1-4-19-15(16-8-11(3)20-21(16)5-2)10-12-6-7-13(17)14(18)9-12/h6-9,15,19H,4-5,10H2,1-3H3. The Labute approximate surface area is 136 Å². The highest BCUT2D eigenvalue weighted by atomic mass is 35.5. The van der Waals surface area contributed by atoms with Crippen molar-refractivity contribution < 1.29 is 0 Å². The number of rotatable bonds is 6. The molecule has 1 unspecified atom stereocenters. The lowest BCUT2D eigenvalue weighted by Gasteiger charge is -2.19. The minimum atomic E-state index is 0.216. The van der Waals surface area contributed by atoms with Crippen LogP contribution in [0.15, 0.2) is 24.3 Å². The van der Waals surface area contributed by atoms with E-state index in [9.17, 15) is 0 Å². The molecule has 0 amide bonds. The third-order valence-corrected chi connectivity index (χ3v) is 4.20. The molecular weight excluding hydrogens is 305 g/mol. The topological polar surface area (TPSA) is 29.9 Å². The molecule has 0 aliphatic rings. The molecule has 1 heterocycles. The van der Waals surface area contributed by atoms with Gasteiger partial charge in [0.25, 0.3) is 0 Å². The molecule has 0 radical (unpaired) electrons. The average Bonchev–Trinajstić information content (AvgIpc) is 2.83. The summed E-state index contributed by atoms with van der Waals surface area (Å²) in [7, 11) is 0. The first-order valence-corrected chi connectivity index (χ1v) is 8.02. The fourth-order valence-corrected chi connectivity index (χ4v) is 2.85. The van der Waals surface area contributed by atoms with Crippen LogP contribution in [0.3, 0.4) is 0 Å². The van der Waals surface area contributed by atoms with E-state index in [-0.39, 0.29) is 6.04 Å². The van der Waals surface area contributed by atoms with Gasteiger partial charge in [-0.3, -0.25) is 4.68 Å². The van der Waals surface area contributed by atoms with Crippen molar-refractivity contribution in [1.29, 1.82) is 0 Å². The maximum atomic E-state index is 6.11. The Hall–Kier alpha value is -1.03. The molecular formula is C16H21Cl2N3. The largest absolute Gasteiger partial charge is 0.309 e. The molecule has 2 aromatic rings. The summed E-state index contributed by atoms with van der Waals surface area (Å²) in [5, 5.41) is 9.26. The first-order valence-electron chi connectivity index (χ1n) is 7.26. The van der Waals surface area contributed by atoms with Crippen molar-refractivity contribution in [1.82, 2.24) is 15.1 Å². The molecule has 0 saturated heterocycles. The summed E-state index contributed by atoms with van der Waals surface area (Å²) in [6, 6.07) is 8.18. The van der Waals surface area contributed by atoms with Crippen LogP contribution in [0.4, 0.5) is 0 Å². The smallest absolute Gasteiger partial charge is 0.0597 e. The second kappa shape index (κ2) is 7.30. The van der Waals surface area contributed by atoms with E-state index in [4.69, 9.17) is 23.2 Å². The van der Waals surface area contributed by atoms with Gasteiger partial charge in [-0.15, -0.1) is 0 Å². The molecule has 0 saturated carbocycles. The van der Waals surface area contributed by atoms with Gasteiger partial charge in [0.2, 0.25) is 0 Å². The highest BCUT2D eigenvalue weighted by Gasteiger charge is 2.17. The van der Waals surface area contributed by atoms with Gasteiger partial charge >= 0.3 is 0 Å². The Balaban J connectivity index is 2.27. The Morgan fingerprint density at radius 2 is 1.95 bits per heavy atom. The van der Waals surface area contributed by atoms with Crippen LogP contribution in [0.2, 0.25) is 10.0 Å². The number of aryl methyl sites for hydroxylation is 2. The lowest BCUT2D eigenvalue weighted by atomic mass is 10.0. The molecule has 1 N–H and O–H groups in total. The number of hydrogen-bond acceptors (Lipinski definition) is 2. The summed E-state index contributed by atoms with van der Waals surface area (Å²) >= 11 is 12.1. The fraction of sp³-hybridized carbons (Fsp3) is 0.438. The molecule has 0 spiro atoms. The molecule has 5 heteroatoms. The van der Waals surface area contributed by atoms with Crippen molar-refractivity contribution in [2.75, 3.05) is 6.54 Å². The number of nitrogens with zero attached hydrogens (tertiary/aromatic N) is 2. The van der Waals surface area contributed by atoms with Crippen LogP contribution in [0.1, 0.15) is 36.8 Å². The maximum absolute atomic E-state index is 6.11. The second-order valence-electron chi connectivity index (χ2n) is 5.09. The van der Waals surface area contributed by atoms with Crippen LogP contribution in [0.25, 0.3) is 0 Å². The number of halogens is 2. The summed E-state index contributed by atoms with van der Waals surface area (Å²) in [5.74, 6) is 0. The zero-order valence-electron chi connectivity index (χ0n) is 12.7. The number of aromatic nitrogens is 2. The Morgan fingerprint density at radius 3 is 2.57 bits per heavy atom. The van der Waals surface area contributed by atoms with Gasteiger partial charge in [-0.05, 0) is 50.6 Å².